The van der Waals surface area contributed by atoms with Crippen molar-refractivity contribution >= 4 is 27.7 Å². The van der Waals surface area contributed by atoms with E-state index in [9.17, 15) is 0 Å². The molecule has 29 heavy (non-hydrogen) atoms. The minimum atomic E-state index is 0.549. The van der Waals surface area contributed by atoms with Gasteiger partial charge in [0.25, 0.3) is 0 Å². The molecule has 0 fully saturated rings. The topological polar surface area (TPSA) is 27.7 Å². The number of ether oxygens (including phenoxy) is 3. The van der Waals surface area contributed by atoms with Crippen LogP contribution in [0.1, 0.15) is 22.3 Å². The lowest BCUT2D eigenvalue weighted by Crippen LogP contribution is -2.06. The van der Waals surface area contributed by atoms with E-state index >= 15 is 0 Å². The molecule has 3 aromatic rings. The van der Waals surface area contributed by atoms with Gasteiger partial charge in [-0.2, -0.15) is 0 Å². The summed E-state index contributed by atoms with van der Waals surface area (Å²) in [6.45, 7) is 2.04. The molecule has 0 atom stereocenters. The molecule has 0 unspecified atom stereocenters. The van der Waals surface area contributed by atoms with Crippen LogP contribution >= 0.6 is 27.7 Å². The third-order valence-electron chi connectivity index (χ3n) is 5.18. The molecule has 0 spiro atoms. The van der Waals surface area contributed by atoms with Crippen molar-refractivity contribution in [2.45, 2.75) is 24.3 Å². The summed E-state index contributed by atoms with van der Waals surface area (Å²) < 4.78 is 19.0. The van der Waals surface area contributed by atoms with E-state index in [1.54, 1.807) is 0 Å². The van der Waals surface area contributed by atoms with Gasteiger partial charge in [0.05, 0.1) is 17.7 Å². The molecule has 2 aliphatic heterocycles. The number of thioether (sulfide) groups is 1. The van der Waals surface area contributed by atoms with Crippen LogP contribution in [0.5, 0.6) is 17.2 Å². The van der Waals surface area contributed by atoms with Gasteiger partial charge in [-0.3, -0.25) is 0 Å². The smallest absolute Gasteiger partial charge is 0.141 e. The molecule has 0 N–H and O–H groups in total. The molecule has 2 heterocycles. The van der Waals surface area contributed by atoms with Crippen molar-refractivity contribution in [1.29, 1.82) is 0 Å². The highest BCUT2D eigenvalue weighted by molar-refractivity contribution is 9.10. The Morgan fingerprint density at radius 3 is 2.76 bits per heavy atom. The summed E-state index contributed by atoms with van der Waals surface area (Å²) in [5.41, 5.74) is 4.79. The fraction of sp³-hybridized carbons (Fsp3) is 0.250. The fourth-order valence-corrected chi connectivity index (χ4v) is 5.34. The van der Waals surface area contributed by atoms with Gasteiger partial charge in [0.15, 0.2) is 0 Å². The average molecular weight is 469 g/mol. The molecule has 148 valence electrons. The molecule has 0 aliphatic carbocycles. The van der Waals surface area contributed by atoms with E-state index in [1.807, 2.05) is 30.0 Å². The third kappa shape index (κ3) is 3.99. The van der Waals surface area contributed by atoms with Crippen LogP contribution in [-0.4, -0.2) is 19.0 Å². The second-order valence-corrected chi connectivity index (χ2v) is 9.17. The predicted octanol–water partition coefficient (Wildman–Crippen LogP) is 6.04. The van der Waals surface area contributed by atoms with Crippen molar-refractivity contribution < 1.29 is 14.2 Å². The van der Waals surface area contributed by atoms with Gasteiger partial charge in [-0.1, -0.05) is 36.4 Å². The lowest BCUT2D eigenvalue weighted by Gasteiger charge is -2.18. The molecule has 2 aliphatic rings. The molecule has 0 saturated carbocycles. The van der Waals surface area contributed by atoms with Crippen LogP contribution in [0, 0.1) is 0 Å². The van der Waals surface area contributed by atoms with Crippen molar-refractivity contribution in [3.05, 3.63) is 81.3 Å². The number of halogens is 1. The van der Waals surface area contributed by atoms with Crippen LogP contribution in [0.25, 0.3) is 0 Å². The first-order valence-corrected chi connectivity index (χ1v) is 11.6. The zero-order valence-corrected chi connectivity index (χ0v) is 18.4. The van der Waals surface area contributed by atoms with Gasteiger partial charge < -0.3 is 14.2 Å². The van der Waals surface area contributed by atoms with E-state index in [1.165, 1.54) is 21.6 Å². The maximum absolute atomic E-state index is 6.20. The van der Waals surface area contributed by atoms with Gasteiger partial charge in [0.2, 0.25) is 0 Å². The van der Waals surface area contributed by atoms with Gasteiger partial charge in [-0.15, -0.1) is 11.8 Å². The normalized spacial score (nSPS) is 14.5. The molecule has 0 radical (unpaired) electrons. The van der Waals surface area contributed by atoms with Crippen molar-refractivity contribution in [3.8, 4) is 17.2 Å². The first kappa shape index (κ1) is 18.9. The van der Waals surface area contributed by atoms with Crippen LogP contribution in [-0.2, 0) is 19.4 Å². The van der Waals surface area contributed by atoms with Crippen LogP contribution in [0.15, 0.2) is 64.0 Å². The fourth-order valence-electron chi connectivity index (χ4n) is 3.82. The molecule has 3 nitrogen and oxygen atoms in total. The molecule has 0 saturated heterocycles. The predicted molar refractivity (Wildman–Crippen MR) is 120 cm³/mol. The summed E-state index contributed by atoms with van der Waals surface area (Å²) in [4.78, 5) is 1.23. The van der Waals surface area contributed by atoms with Crippen molar-refractivity contribution in [2.24, 2.45) is 0 Å². The zero-order valence-electron chi connectivity index (χ0n) is 15.9. The highest BCUT2D eigenvalue weighted by atomic mass is 79.9. The first-order valence-electron chi connectivity index (χ1n) is 9.80. The van der Waals surface area contributed by atoms with Gasteiger partial charge >= 0.3 is 0 Å². The minimum absolute atomic E-state index is 0.549. The summed E-state index contributed by atoms with van der Waals surface area (Å²) >= 11 is 5.61. The van der Waals surface area contributed by atoms with Crippen molar-refractivity contribution in [2.75, 3.05) is 19.0 Å². The molecule has 5 heteroatoms. The largest absolute Gasteiger partial charge is 0.493 e. The van der Waals surface area contributed by atoms with Crippen molar-refractivity contribution in [3.63, 3.8) is 0 Å². The highest BCUT2D eigenvalue weighted by Gasteiger charge is 2.24. The summed E-state index contributed by atoms with van der Waals surface area (Å²) in [6.07, 6.45) is 1.70. The monoisotopic (exact) mass is 468 g/mol. The maximum atomic E-state index is 6.20. The second kappa shape index (κ2) is 8.33. The number of rotatable bonds is 5. The molecule has 0 aromatic heterocycles. The molecule has 0 bridgehead atoms. The average Bonchev–Trinajstić information content (AvgIpc) is 3.24. The Kier molecular flexibility index (Phi) is 5.42. The Morgan fingerprint density at radius 2 is 1.86 bits per heavy atom. The Morgan fingerprint density at radius 1 is 0.966 bits per heavy atom. The Balaban J connectivity index is 1.41. The second-order valence-electron chi connectivity index (χ2n) is 7.18. The standard InChI is InChI=1S/C24H21BrO3S/c25-20-14-18(12-17-6-7-21-22(13-17)29-11-10-26-21)23-19(8-9-27-23)24(20)28-15-16-4-2-1-3-5-16/h1-7,13-14H,8-12,15H2. The quantitative estimate of drug-likeness (QED) is 0.456. The van der Waals surface area contributed by atoms with Gasteiger partial charge in [0, 0.05) is 34.6 Å². The molecular weight excluding hydrogens is 448 g/mol. The van der Waals surface area contributed by atoms with Crippen LogP contribution in [0.2, 0.25) is 0 Å². The minimum Gasteiger partial charge on any atom is -0.493 e. The summed E-state index contributed by atoms with van der Waals surface area (Å²) in [5, 5.41) is 0. The lowest BCUT2D eigenvalue weighted by atomic mass is 10.00. The summed E-state index contributed by atoms with van der Waals surface area (Å²) in [7, 11) is 0. The van der Waals surface area contributed by atoms with E-state index in [0.29, 0.717) is 13.2 Å². The van der Waals surface area contributed by atoms with Gasteiger partial charge in [0.1, 0.15) is 23.9 Å². The van der Waals surface area contributed by atoms with E-state index < -0.39 is 0 Å². The molecule has 3 aromatic carbocycles. The summed E-state index contributed by atoms with van der Waals surface area (Å²) in [6, 6.07) is 18.9. The van der Waals surface area contributed by atoms with Crippen LogP contribution in [0.3, 0.4) is 0 Å². The summed E-state index contributed by atoms with van der Waals surface area (Å²) in [5.74, 6) is 3.89. The maximum Gasteiger partial charge on any atom is 0.141 e. The highest BCUT2D eigenvalue weighted by Crippen LogP contribution is 2.43. The van der Waals surface area contributed by atoms with Gasteiger partial charge in [-0.25, -0.2) is 0 Å². The first-order chi connectivity index (χ1) is 14.3. The van der Waals surface area contributed by atoms with E-state index in [2.05, 4.69) is 52.3 Å². The number of hydrogen-bond donors (Lipinski definition) is 0. The van der Waals surface area contributed by atoms with Gasteiger partial charge in [-0.05, 0) is 45.3 Å². The number of fused-ring (bicyclic) bond motifs is 2. The van der Waals surface area contributed by atoms with E-state index in [-0.39, 0.29) is 0 Å². The van der Waals surface area contributed by atoms with E-state index in [0.717, 1.165) is 52.5 Å². The van der Waals surface area contributed by atoms with Crippen LogP contribution < -0.4 is 14.2 Å². The Bertz CT molecular complexity index is 1040. The Hall–Kier alpha value is -2.11. The van der Waals surface area contributed by atoms with E-state index in [4.69, 9.17) is 14.2 Å². The zero-order chi connectivity index (χ0) is 19.6. The number of hydrogen-bond acceptors (Lipinski definition) is 4. The van der Waals surface area contributed by atoms with Crippen molar-refractivity contribution in [1.82, 2.24) is 0 Å². The Labute approximate surface area is 183 Å². The molecular formula is C24H21BrO3S. The molecule has 5 rings (SSSR count). The number of benzene rings is 3. The SMILES string of the molecule is Brc1cc(Cc2ccc3c(c2)SCCO3)c2c(c1OCc1ccccc1)CCO2. The lowest BCUT2D eigenvalue weighted by molar-refractivity contribution is 0.301. The molecule has 0 amide bonds. The third-order valence-corrected chi connectivity index (χ3v) is 6.77. The van der Waals surface area contributed by atoms with Crippen LogP contribution in [0.4, 0.5) is 0 Å².